The molecule has 0 radical (unpaired) electrons. The Balaban J connectivity index is 1.60. The lowest BCUT2D eigenvalue weighted by Crippen LogP contribution is -2.26. The van der Waals surface area contributed by atoms with Crippen molar-refractivity contribution in [3.05, 3.63) is 94.5 Å². The minimum atomic E-state index is -3.75. The summed E-state index contributed by atoms with van der Waals surface area (Å²) in [5.41, 5.74) is 1.47. The molecular weight excluding hydrogens is 501 g/mol. The molecule has 0 N–H and O–H groups in total. The molecule has 0 atom stereocenters. The number of hydrogen-bond donors (Lipinski definition) is 0. The molecule has 1 heterocycles. The lowest BCUT2D eigenvalue weighted by molar-refractivity contribution is 0.0996. The fourth-order valence-electron chi connectivity index (χ4n) is 3.71. The maximum atomic E-state index is 14.5. The molecule has 4 aromatic rings. The summed E-state index contributed by atoms with van der Waals surface area (Å²) in [4.78, 5) is 17.6. The first-order valence-corrected chi connectivity index (χ1v) is 13.6. The predicted octanol–water partition coefficient (Wildman–Crippen LogP) is 4.44. The van der Waals surface area contributed by atoms with Gasteiger partial charge in [-0.2, -0.15) is 9.30 Å². The molecule has 7 nitrogen and oxygen atoms in total. The number of aromatic nitrogens is 1. The lowest BCUT2D eigenvalue weighted by Gasteiger charge is -2.17. The molecule has 0 aliphatic carbocycles. The standard InChI is InChI=1S/C26H26FN3O4S2/c1-3-34-17-16-30-24-22(27)10-7-11-23(24)35-26(30)28-25(31)20-12-14-21(15-13-20)36(32,33)29(2)18-19-8-5-4-6-9-19/h4-15H,3,16-18H2,1-2H3. The molecule has 10 heteroatoms. The smallest absolute Gasteiger partial charge is 0.279 e. The van der Waals surface area contributed by atoms with Gasteiger partial charge in [-0.1, -0.05) is 47.7 Å². The number of ether oxygens (including phenoxy) is 1. The first-order valence-electron chi connectivity index (χ1n) is 11.4. The summed E-state index contributed by atoms with van der Waals surface area (Å²) in [6.07, 6.45) is 0. The average molecular weight is 528 g/mol. The monoisotopic (exact) mass is 527 g/mol. The lowest BCUT2D eigenvalue weighted by atomic mass is 10.2. The number of carbonyl (C=O) groups excluding carboxylic acids is 1. The van der Waals surface area contributed by atoms with E-state index in [1.807, 2.05) is 37.3 Å². The molecule has 188 valence electrons. The minimum Gasteiger partial charge on any atom is -0.380 e. The Labute approximate surface area is 213 Å². The predicted molar refractivity (Wildman–Crippen MR) is 138 cm³/mol. The maximum absolute atomic E-state index is 14.5. The molecule has 0 fully saturated rings. The van der Waals surface area contributed by atoms with Crippen molar-refractivity contribution in [1.82, 2.24) is 8.87 Å². The number of sulfonamides is 1. The Morgan fingerprint density at radius 2 is 1.78 bits per heavy atom. The molecule has 1 aromatic heterocycles. The van der Waals surface area contributed by atoms with Crippen molar-refractivity contribution in [2.24, 2.45) is 4.99 Å². The summed E-state index contributed by atoms with van der Waals surface area (Å²) in [6, 6.07) is 19.7. The van der Waals surface area contributed by atoms with Gasteiger partial charge in [0.2, 0.25) is 10.0 Å². The number of para-hydroxylation sites is 1. The summed E-state index contributed by atoms with van der Waals surface area (Å²) in [6.45, 7) is 3.30. The van der Waals surface area contributed by atoms with Crippen LogP contribution in [0.5, 0.6) is 0 Å². The fraction of sp³-hybridized carbons (Fsp3) is 0.231. The van der Waals surface area contributed by atoms with Crippen molar-refractivity contribution in [2.45, 2.75) is 24.9 Å². The number of amides is 1. The van der Waals surface area contributed by atoms with Crippen LogP contribution >= 0.6 is 11.3 Å². The number of benzene rings is 3. The van der Waals surface area contributed by atoms with Crippen LogP contribution in [0.1, 0.15) is 22.8 Å². The van der Waals surface area contributed by atoms with Crippen LogP contribution in [0.25, 0.3) is 10.2 Å². The zero-order chi connectivity index (χ0) is 25.7. The van der Waals surface area contributed by atoms with Crippen LogP contribution in [-0.2, 0) is 27.8 Å². The molecule has 0 aliphatic heterocycles. The summed E-state index contributed by atoms with van der Waals surface area (Å²) >= 11 is 1.21. The summed E-state index contributed by atoms with van der Waals surface area (Å²) < 4.78 is 49.5. The Bertz CT molecular complexity index is 1530. The first-order chi connectivity index (χ1) is 17.3. The fourth-order valence-corrected chi connectivity index (χ4v) is 5.93. The molecule has 0 saturated heterocycles. The van der Waals surface area contributed by atoms with Gasteiger partial charge >= 0.3 is 0 Å². The Morgan fingerprint density at radius 3 is 2.47 bits per heavy atom. The SMILES string of the molecule is CCOCCn1c(=NC(=O)c2ccc(S(=O)(=O)N(C)Cc3ccccc3)cc2)sc2cccc(F)c21. The second-order valence-electron chi connectivity index (χ2n) is 8.01. The van der Waals surface area contributed by atoms with Crippen LogP contribution in [0.15, 0.2) is 82.7 Å². The van der Waals surface area contributed by atoms with Gasteiger partial charge in [0.05, 0.1) is 21.7 Å². The van der Waals surface area contributed by atoms with Gasteiger partial charge in [-0.05, 0) is 48.9 Å². The van der Waals surface area contributed by atoms with Crippen molar-refractivity contribution < 1.29 is 22.3 Å². The van der Waals surface area contributed by atoms with E-state index < -0.39 is 21.7 Å². The number of carbonyl (C=O) groups is 1. The average Bonchev–Trinajstić information content (AvgIpc) is 3.23. The zero-order valence-corrected chi connectivity index (χ0v) is 21.6. The minimum absolute atomic E-state index is 0.0770. The Hall–Kier alpha value is -3.18. The molecule has 0 spiro atoms. The second-order valence-corrected chi connectivity index (χ2v) is 11.1. The van der Waals surface area contributed by atoms with Crippen LogP contribution in [0, 0.1) is 5.82 Å². The van der Waals surface area contributed by atoms with Gasteiger partial charge in [0, 0.05) is 32.3 Å². The summed E-state index contributed by atoms with van der Waals surface area (Å²) in [7, 11) is -2.23. The topological polar surface area (TPSA) is 81.0 Å². The quantitative estimate of drug-likeness (QED) is 0.302. The molecule has 3 aromatic carbocycles. The van der Waals surface area contributed by atoms with Crippen LogP contribution < -0.4 is 4.80 Å². The number of halogens is 1. The van der Waals surface area contributed by atoms with Crippen LogP contribution in [0.3, 0.4) is 0 Å². The van der Waals surface area contributed by atoms with Crippen molar-refractivity contribution in [3.63, 3.8) is 0 Å². The van der Waals surface area contributed by atoms with Gasteiger partial charge < -0.3 is 9.30 Å². The van der Waals surface area contributed by atoms with Crippen molar-refractivity contribution in [2.75, 3.05) is 20.3 Å². The number of hydrogen-bond acceptors (Lipinski definition) is 5. The van der Waals surface area contributed by atoms with Crippen molar-refractivity contribution in [3.8, 4) is 0 Å². The van der Waals surface area contributed by atoms with Crippen LogP contribution in [0.2, 0.25) is 0 Å². The van der Waals surface area contributed by atoms with Crippen molar-refractivity contribution >= 4 is 37.5 Å². The third-order valence-corrected chi connectivity index (χ3v) is 8.43. The number of thiazole rings is 1. The molecule has 1 amide bonds. The molecule has 0 aliphatic rings. The van der Waals surface area contributed by atoms with Gasteiger partial charge in [0.1, 0.15) is 5.82 Å². The molecule has 36 heavy (non-hydrogen) atoms. The van der Waals surface area contributed by atoms with E-state index in [2.05, 4.69) is 4.99 Å². The normalized spacial score (nSPS) is 12.5. The number of fused-ring (bicyclic) bond motifs is 1. The van der Waals surface area contributed by atoms with E-state index in [-0.39, 0.29) is 17.0 Å². The van der Waals surface area contributed by atoms with E-state index in [4.69, 9.17) is 4.74 Å². The van der Waals surface area contributed by atoms with Gasteiger partial charge in [-0.25, -0.2) is 12.8 Å². The maximum Gasteiger partial charge on any atom is 0.279 e. The summed E-state index contributed by atoms with van der Waals surface area (Å²) in [5.74, 6) is -0.947. The van der Waals surface area contributed by atoms with E-state index in [0.717, 1.165) is 5.56 Å². The van der Waals surface area contributed by atoms with Crippen molar-refractivity contribution in [1.29, 1.82) is 0 Å². The van der Waals surface area contributed by atoms with Gasteiger partial charge in [-0.3, -0.25) is 4.79 Å². The number of nitrogens with zero attached hydrogens (tertiary/aromatic N) is 3. The highest BCUT2D eigenvalue weighted by atomic mass is 32.2. The molecule has 0 unspecified atom stereocenters. The molecule has 0 bridgehead atoms. The van der Waals surface area contributed by atoms with E-state index in [1.54, 1.807) is 16.7 Å². The third kappa shape index (κ3) is 5.62. The van der Waals surface area contributed by atoms with E-state index in [9.17, 15) is 17.6 Å². The van der Waals surface area contributed by atoms with Gasteiger partial charge in [0.25, 0.3) is 5.91 Å². The largest absolute Gasteiger partial charge is 0.380 e. The van der Waals surface area contributed by atoms with E-state index in [0.29, 0.717) is 34.8 Å². The van der Waals surface area contributed by atoms with Gasteiger partial charge in [-0.15, -0.1) is 0 Å². The van der Waals surface area contributed by atoms with E-state index in [1.165, 1.54) is 53.0 Å². The Morgan fingerprint density at radius 1 is 1.06 bits per heavy atom. The third-order valence-electron chi connectivity index (χ3n) is 5.57. The number of rotatable bonds is 9. The zero-order valence-electron chi connectivity index (χ0n) is 19.9. The van der Waals surface area contributed by atoms with Gasteiger partial charge in [0.15, 0.2) is 4.80 Å². The second kappa shape index (κ2) is 11.3. The van der Waals surface area contributed by atoms with E-state index >= 15 is 0 Å². The molecule has 4 rings (SSSR count). The molecular formula is C26H26FN3O4S2. The van der Waals surface area contributed by atoms with Crippen LogP contribution in [-0.4, -0.2) is 43.5 Å². The molecule has 0 saturated carbocycles. The Kier molecular flexibility index (Phi) is 8.10. The highest BCUT2D eigenvalue weighted by Crippen LogP contribution is 2.21. The first kappa shape index (κ1) is 25.9. The highest BCUT2D eigenvalue weighted by molar-refractivity contribution is 7.89. The summed E-state index contributed by atoms with van der Waals surface area (Å²) in [5, 5.41) is 0. The highest BCUT2D eigenvalue weighted by Gasteiger charge is 2.21. The van der Waals surface area contributed by atoms with Crippen LogP contribution in [0.4, 0.5) is 4.39 Å².